The first kappa shape index (κ1) is 10.4. The maximum Gasteiger partial charge on any atom is 0.324 e. The SMILES string of the molecule is CCN(CC1CCCN1)c1nc(C)no1. The van der Waals surface area contributed by atoms with Gasteiger partial charge in [-0.2, -0.15) is 4.98 Å². The van der Waals surface area contributed by atoms with Gasteiger partial charge in [0.15, 0.2) is 5.82 Å². The average molecular weight is 210 g/mol. The predicted octanol–water partition coefficient (Wildman–Crippen LogP) is 0.956. The number of likely N-dealkylation sites (N-methyl/N-ethyl adjacent to an activating group) is 1. The number of nitrogens with zero attached hydrogens (tertiary/aromatic N) is 3. The zero-order chi connectivity index (χ0) is 10.7. The van der Waals surface area contributed by atoms with Crippen LogP contribution in [0.5, 0.6) is 0 Å². The largest absolute Gasteiger partial charge is 0.324 e. The Bertz CT molecular complexity index is 306. The van der Waals surface area contributed by atoms with Crippen LogP contribution in [0.25, 0.3) is 0 Å². The molecule has 1 N–H and O–H groups in total. The summed E-state index contributed by atoms with van der Waals surface area (Å²) >= 11 is 0. The predicted molar refractivity (Wildman–Crippen MR) is 57.9 cm³/mol. The van der Waals surface area contributed by atoms with Gasteiger partial charge in [0.05, 0.1) is 0 Å². The number of nitrogens with one attached hydrogen (secondary N) is 1. The Labute approximate surface area is 89.8 Å². The molecule has 2 heterocycles. The van der Waals surface area contributed by atoms with Gasteiger partial charge in [-0.3, -0.25) is 0 Å². The maximum atomic E-state index is 5.16. The third-order valence-electron chi connectivity index (χ3n) is 2.77. The number of rotatable bonds is 4. The summed E-state index contributed by atoms with van der Waals surface area (Å²) in [6.07, 6.45) is 2.51. The zero-order valence-electron chi connectivity index (χ0n) is 9.36. The van der Waals surface area contributed by atoms with Gasteiger partial charge >= 0.3 is 6.01 Å². The number of aromatic nitrogens is 2. The molecule has 1 aromatic rings. The minimum atomic E-state index is 0.567. The highest BCUT2D eigenvalue weighted by Gasteiger charge is 2.20. The fraction of sp³-hybridized carbons (Fsp3) is 0.800. The van der Waals surface area contributed by atoms with Crippen LogP contribution in [0.1, 0.15) is 25.6 Å². The van der Waals surface area contributed by atoms with E-state index >= 15 is 0 Å². The second kappa shape index (κ2) is 4.61. The van der Waals surface area contributed by atoms with E-state index in [2.05, 4.69) is 27.3 Å². The number of hydrogen-bond donors (Lipinski definition) is 1. The fourth-order valence-electron chi connectivity index (χ4n) is 1.94. The van der Waals surface area contributed by atoms with Crippen LogP contribution in [0.3, 0.4) is 0 Å². The Morgan fingerprint density at radius 3 is 3.00 bits per heavy atom. The maximum absolute atomic E-state index is 5.16. The Balaban J connectivity index is 1.97. The molecular weight excluding hydrogens is 192 g/mol. The molecule has 1 atom stereocenters. The highest BCUT2D eigenvalue weighted by atomic mass is 16.5. The van der Waals surface area contributed by atoms with Crippen LogP contribution in [0, 0.1) is 6.92 Å². The number of hydrogen-bond acceptors (Lipinski definition) is 5. The van der Waals surface area contributed by atoms with Gasteiger partial charge in [0.2, 0.25) is 0 Å². The summed E-state index contributed by atoms with van der Waals surface area (Å²) < 4.78 is 5.16. The van der Waals surface area contributed by atoms with Crippen molar-refractivity contribution in [1.29, 1.82) is 0 Å². The van der Waals surface area contributed by atoms with Crippen LogP contribution in [0.4, 0.5) is 6.01 Å². The van der Waals surface area contributed by atoms with Gasteiger partial charge in [0.25, 0.3) is 0 Å². The molecule has 1 aliphatic heterocycles. The molecular formula is C10H18N4O. The van der Waals surface area contributed by atoms with Gasteiger partial charge in [-0.05, 0) is 33.2 Å². The molecule has 5 nitrogen and oxygen atoms in total. The van der Waals surface area contributed by atoms with Crippen molar-refractivity contribution in [2.75, 3.05) is 24.5 Å². The van der Waals surface area contributed by atoms with E-state index in [-0.39, 0.29) is 0 Å². The molecule has 1 unspecified atom stereocenters. The summed E-state index contributed by atoms with van der Waals surface area (Å²) in [5.41, 5.74) is 0. The van der Waals surface area contributed by atoms with E-state index in [1.54, 1.807) is 0 Å². The molecule has 1 fully saturated rings. The second-order valence-corrected chi connectivity index (χ2v) is 3.96. The molecule has 84 valence electrons. The van der Waals surface area contributed by atoms with Crippen LogP contribution < -0.4 is 10.2 Å². The standard InChI is InChI=1S/C10H18N4O/c1-3-14(7-9-5-4-6-11-9)10-12-8(2)13-15-10/h9,11H,3-7H2,1-2H3. The Hall–Kier alpha value is -1.10. The average Bonchev–Trinajstić information content (AvgIpc) is 2.85. The minimum Gasteiger partial charge on any atom is -0.323 e. The van der Waals surface area contributed by atoms with Crippen molar-refractivity contribution in [3.05, 3.63) is 5.82 Å². The quantitative estimate of drug-likeness (QED) is 0.802. The molecule has 0 aliphatic carbocycles. The lowest BCUT2D eigenvalue weighted by molar-refractivity contribution is 0.404. The van der Waals surface area contributed by atoms with E-state index in [1.807, 2.05) is 6.92 Å². The molecule has 0 radical (unpaired) electrons. The Kier molecular flexibility index (Phi) is 3.20. The van der Waals surface area contributed by atoms with Gasteiger partial charge in [-0.1, -0.05) is 5.16 Å². The molecule has 0 spiro atoms. The monoisotopic (exact) mass is 210 g/mol. The summed E-state index contributed by atoms with van der Waals surface area (Å²) in [5.74, 6) is 0.697. The van der Waals surface area contributed by atoms with E-state index in [1.165, 1.54) is 12.8 Å². The van der Waals surface area contributed by atoms with E-state index in [4.69, 9.17) is 4.52 Å². The third kappa shape index (κ3) is 2.47. The van der Waals surface area contributed by atoms with Crippen molar-refractivity contribution >= 4 is 6.01 Å². The van der Waals surface area contributed by atoms with E-state index in [9.17, 15) is 0 Å². The van der Waals surface area contributed by atoms with Crippen molar-refractivity contribution in [1.82, 2.24) is 15.5 Å². The Morgan fingerprint density at radius 2 is 2.47 bits per heavy atom. The first-order valence-corrected chi connectivity index (χ1v) is 5.58. The van der Waals surface area contributed by atoms with Crippen LogP contribution in [0.15, 0.2) is 4.52 Å². The highest BCUT2D eigenvalue weighted by molar-refractivity contribution is 5.24. The zero-order valence-corrected chi connectivity index (χ0v) is 9.36. The minimum absolute atomic E-state index is 0.567. The first-order valence-electron chi connectivity index (χ1n) is 5.58. The molecule has 0 bridgehead atoms. The summed E-state index contributed by atoms with van der Waals surface area (Å²) in [7, 11) is 0. The molecule has 0 saturated carbocycles. The lowest BCUT2D eigenvalue weighted by atomic mass is 10.2. The molecule has 1 aromatic heterocycles. The molecule has 0 amide bonds. The van der Waals surface area contributed by atoms with Gasteiger partial charge < -0.3 is 14.7 Å². The fourth-order valence-corrected chi connectivity index (χ4v) is 1.94. The summed E-state index contributed by atoms with van der Waals surface area (Å²) in [6.45, 7) is 6.94. The van der Waals surface area contributed by atoms with Gasteiger partial charge in [0, 0.05) is 19.1 Å². The lowest BCUT2D eigenvalue weighted by Crippen LogP contribution is -2.37. The number of anilines is 1. The van der Waals surface area contributed by atoms with Crippen molar-refractivity contribution < 1.29 is 4.52 Å². The lowest BCUT2D eigenvalue weighted by Gasteiger charge is -2.21. The van der Waals surface area contributed by atoms with Gasteiger partial charge in [0.1, 0.15) is 0 Å². The van der Waals surface area contributed by atoms with Crippen LogP contribution in [-0.4, -0.2) is 35.8 Å². The topological polar surface area (TPSA) is 54.2 Å². The van der Waals surface area contributed by atoms with Crippen molar-refractivity contribution in [3.8, 4) is 0 Å². The van der Waals surface area contributed by atoms with Crippen LogP contribution in [-0.2, 0) is 0 Å². The summed E-state index contributed by atoms with van der Waals surface area (Å²) in [5, 5.41) is 7.28. The van der Waals surface area contributed by atoms with Crippen molar-refractivity contribution in [2.45, 2.75) is 32.7 Å². The molecule has 0 aromatic carbocycles. The molecule has 5 heteroatoms. The third-order valence-corrected chi connectivity index (χ3v) is 2.77. The Morgan fingerprint density at radius 1 is 1.60 bits per heavy atom. The summed E-state index contributed by atoms with van der Waals surface area (Å²) in [4.78, 5) is 6.37. The van der Waals surface area contributed by atoms with Gasteiger partial charge in [-0.15, -0.1) is 0 Å². The van der Waals surface area contributed by atoms with E-state index in [0.717, 1.165) is 19.6 Å². The van der Waals surface area contributed by atoms with E-state index < -0.39 is 0 Å². The molecule has 1 saturated heterocycles. The molecule has 2 rings (SSSR count). The van der Waals surface area contributed by atoms with Gasteiger partial charge in [-0.25, -0.2) is 0 Å². The summed E-state index contributed by atoms with van der Waals surface area (Å²) in [6, 6.07) is 1.21. The van der Waals surface area contributed by atoms with E-state index in [0.29, 0.717) is 17.9 Å². The molecule has 15 heavy (non-hydrogen) atoms. The second-order valence-electron chi connectivity index (χ2n) is 3.96. The van der Waals surface area contributed by atoms with Crippen LogP contribution in [0.2, 0.25) is 0 Å². The molecule has 1 aliphatic rings. The highest BCUT2D eigenvalue weighted by Crippen LogP contribution is 2.13. The first-order chi connectivity index (χ1) is 7.29. The normalized spacial score (nSPS) is 20.8. The van der Waals surface area contributed by atoms with Crippen molar-refractivity contribution in [2.24, 2.45) is 0 Å². The number of aryl methyl sites for hydroxylation is 1. The van der Waals surface area contributed by atoms with Crippen LogP contribution >= 0.6 is 0 Å². The van der Waals surface area contributed by atoms with Crippen molar-refractivity contribution in [3.63, 3.8) is 0 Å². The smallest absolute Gasteiger partial charge is 0.323 e.